The molecule has 0 heterocycles. The Bertz CT molecular complexity index is 463. The highest BCUT2D eigenvalue weighted by Gasteiger charge is 2.16. The lowest BCUT2D eigenvalue weighted by Gasteiger charge is -2.14. The molecule has 0 aliphatic rings. The predicted octanol–water partition coefficient (Wildman–Crippen LogP) is 1.97. The summed E-state index contributed by atoms with van der Waals surface area (Å²) in [5.74, 6) is -1.25. The highest BCUT2D eigenvalue weighted by Crippen LogP contribution is 2.21. The molecule has 1 unspecified atom stereocenters. The Morgan fingerprint density at radius 1 is 1.44 bits per heavy atom. The van der Waals surface area contributed by atoms with E-state index in [1.54, 1.807) is 19.1 Å². The first-order chi connectivity index (χ1) is 8.49. The first-order valence-corrected chi connectivity index (χ1v) is 5.88. The summed E-state index contributed by atoms with van der Waals surface area (Å²) in [7, 11) is 1.50. The number of amides is 1. The molecule has 0 aliphatic heterocycles. The molecule has 1 aromatic rings. The van der Waals surface area contributed by atoms with E-state index in [0.29, 0.717) is 22.7 Å². The minimum Gasteiger partial charge on any atom is -0.480 e. The van der Waals surface area contributed by atoms with Crippen LogP contribution in [0.5, 0.6) is 0 Å². The van der Waals surface area contributed by atoms with Gasteiger partial charge in [-0.1, -0.05) is 18.5 Å². The van der Waals surface area contributed by atoms with E-state index >= 15 is 0 Å². The standard InChI is InChI=1S/C12H15ClN2O3/c1-3-10(12(17)18)15-7-4-5-9(13)8(6-7)11(16)14-2/h4-6,10,15H,3H2,1-2H3,(H,14,16)(H,17,18). The lowest BCUT2D eigenvalue weighted by molar-refractivity contribution is -0.137. The van der Waals surface area contributed by atoms with Gasteiger partial charge in [0.15, 0.2) is 0 Å². The van der Waals surface area contributed by atoms with E-state index < -0.39 is 12.0 Å². The van der Waals surface area contributed by atoms with E-state index in [-0.39, 0.29) is 5.91 Å². The fraction of sp³-hybridized carbons (Fsp3) is 0.333. The van der Waals surface area contributed by atoms with E-state index in [1.165, 1.54) is 13.1 Å². The van der Waals surface area contributed by atoms with Crippen LogP contribution in [0.1, 0.15) is 23.7 Å². The zero-order valence-corrected chi connectivity index (χ0v) is 10.9. The molecule has 0 fully saturated rings. The zero-order chi connectivity index (χ0) is 13.7. The van der Waals surface area contributed by atoms with Crippen LogP contribution in [0, 0.1) is 0 Å². The van der Waals surface area contributed by atoms with Crippen molar-refractivity contribution in [2.75, 3.05) is 12.4 Å². The number of hydrogen-bond donors (Lipinski definition) is 3. The highest BCUT2D eigenvalue weighted by atomic mass is 35.5. The number of benzene rings is 1. The van der Waals surface area contributed by atoms with E-state index in [4.69, 9.17) is 16.7 Å². The summed E-state index contributed by atoms with van der Waals surface area (Å²) in [5.41, 5.74) is 0.858. The normalized spacial score (nSPS) is 11.7. The van der Waals surface area contributed by atoms with Gasteiger partial charge in [-0.3, -0.25) is 4.79 Å². The fourth-order valence-electron chi connectivity index (χ4n) is 1.46. The number of nitrogens with one attached hydrogen (secondary N) is 2. The maximum atomic E-state index is 11.5. The van der Waals surface area contributed by atoms with Gasteiger partial charge in [0.05, 0.1) is 10.6 Å². The lowest BCUT2D eigenvalue weighted by Crippen LogP contribution is -2.28. The number of aliphatic carboxylic acids is 1. The van der Waals surface area contributed by atoms with Crippen LogP contribution < -0.4 is 10.6 Å². The molecule has 18 heavy (non-hydrogen) atoms. The first-order valence-electron chi connectivity index (χ1n) is 5.50. The second kappa shape index (κ2) is 6.26. The van der Waals surface area contributed by atoms with Crippen LogP contribution in [-0.2, 0) is 4.79 Å². The number of halogens is 1. The maximum absolute atomic E-state index is 11.5. The number of anilines is 1. The molecule has 0 saturated heterocycles. The quantitative estimate of drug-likeness (QED) is 0.764. The van der Waals surface area contributed by atoms with Crippen molar-refractivity contribution in [3.8, 4) is 0 Å². The number of carboxylic acids is 1. The van der Waals surface area contributed by atoms with Gasteiger partial charge >= 0.3 is 5.97 Å². The summed E-state index contributed by atoms with van der Waals surface area (Å²) in [6.45, 7) is 1.77. The van der Waals surface area contributed by atoms with Crippen molar-refractivity contribution < 1.29 is 14.7 Å². The molecule has 1 aromatic carbocycles. The first kappa shape index (κ1) is 14.3. The van der Waals surface area contributed by atoms with Gasteiger partial charge in [0.25, 0.3) is 5.91 Å². The van der Waals surface area contributed by atoms with Crippen LogP contribution in [0.2, 0.25) is 5.02 Å². The molecule has 98 valence electrons. The average Bonchev–Trinajstić information content (AvgIpc) is 2.36. The van der Waals surface area contributed by atoms with Crippen molar-refractivity contribution in [2.24, 2.45) is 0 Å². The van der Waals surface area contributed by atoms with Gasteiger partial charge in [-0.15, -0.1) is 0 Å². The monoisotopic (exact) mass is 270 g/mol. The van der Waals surface area contributed by atoms with Crippen molar-refractivity contribution in [1.82, 2.24) is 5.32 Å². The molecule has 0 aromatic heterocycles. The molecule has 3 N–H and O–H groups in total. The second-order valence-electron chi connectivity index (χ2n) is 3.72. The molecular formula is C12H15ClN2O3. The van der Waals surface area contributed by atoms with Crippen LogP contribution in [0.15, 0.2) is 18.2 Å². The van der Waals surface area contributed by atoms with E-state index in [1.807, 2.05) is 0 Å². The minimum atomic E-state index is -0.936. The smallest absolute Gasteiger partial charge is 0.326 e. The van der Waals surface area contributed by atoms with Gasteiger partial charge in [0, 0.05) is 12.7 Å². The Balaban J connectivity index is 2.98. The fourth-order valence-corrected chi connectivity index (χ4v) is 1.67. The molecule has 6 heteroatoms. The molecule has 5 nitrogen and oxygen atoms in total. The van der Waals surface area contributed by atoms with Crippen molar-refractivity contribution >= 4 is 29.2 Å². The molecule has 0 aliphatic carbocycles. The molecule has 0 spiro atoms. The summed E-state index contributed by atoms with van der Waals surface area (Å²) in [6, 6.07) is 4.04. The van der Waals surface area contributed by atoms with E-state index in [2.05, 4.69) is 10.6 Å². The zero-order valence-electron chi connectivity index (χ0n) is 10.2. The SMILES string of the molecule is CCC(Nc1ccc(Cl)c(C(=O)NC)c1)C(=O)O. The number of carbonyl (C=O) groups is 2. The van der Waals surface area contributed by atoms with Gasteiger partial charge in [0.2, 0.25) is 0 Å². The Labute approximate surface area is 110 Å². The molecule has 0 radical (unpaired) electrons. The molecular weight excluding hydrogens is 256 g/mol. The summed E-state index contributed by atoms with van der Waals surface area (Å²) in [5, 5.41) is 14.6. The Morgan fingerprint density at radius 3 is 2.61 bits per heavy atom. The van der Waals surface area contributed by atoms with Gasteiger partial charge in [0.1, 0.15) is 6.04 Å². The van der Waals surface area contributed by atoms with Crippen LogP contribution in [0.4, 0.5) is 5.69 Å². The van der Waals surface area contributed by atoms with Crippen molar-refractivity contribution in [3.05, 3.63) is 28.8 Å². The van der Waals surface area contributed by atoms with Gasteiger partial charge < -0.3 is 15.7 Å². The second-order valence-corrected chi connectivity index (χ2v) is 4.12. The van der Waals surface area contributed by atoms with Crippen LogP contribution in [-0.4, -0.2) is 30.1 Å². The van der Waals surface area contributed by atoms with Crippen LogP contribution in [0.25, 0.3) is 0 Å². The third kappa shape index (κ3) is 3.37. The topological polar surface area (TPSA) is 78.4 Å². The summed E-state index contributed by atoms with van der Waals surface area (Å²) < 4.78 is 0. The van der Waals surface area contributed by atoms with Crippen LogP contribution >= 0.6 is 11.6 Å². The summed E-state index contributed by atoms with van der Waals surface area (Å²) in [6.07, 6.45) is 0.438. The third-order valence-electron chi connectivity index (χ3n) is 2.49. The molecule has 0 bridgehead atoms. The van der Waals surface area contributed by atoms with Crippen molar-refractivity contribution in [2.45, 2.75) is 19.4 Å². The number of carbonyl (C=O) groups excluding carboxylic acids is 1. The Morgan fingerprint density at radius 2 is 2.11 bits per heavy atom. The molecule has 0 saturated carbocycles. The summed E-state index contributed by atoms with van der Waals surface area (Å²) >= 11 is 5.90. The molecule has 1 rings (SSSR count). The van der Waals surface area contributed by atoms with Gasteiger partial charge in [-0.2, -0.15) is 0 Å². The largest absolute Gasteiger partial charge is 0.480 e. The van der Waals surface area contributed by atoms with Crippen LogP contribution in [0.3, 0.4) is 0 Å². The third-order valence-corrected chi connectivity index (χ3v) is 2.81. The van der Waals surface area contributed by atoms with E-state index in [9.17, 15) is 9.59 Å². The van der Waals surface area contributed by atoms with Crippen molar-refractivity contribution in [3.63, 3.8) is 0 Å². The van der Waals surface area contributed by atoms with Crippen molar-refractivity contribution in [1.29, 1.82) is 0 Å². The Hall–Kier alpha value is -1.75. The van der Waals surface area contributed by atoms with E-state index in [0.717, 1.165) is 0 Å². The molecule has 1 amide bonds. The number of hydrogen-bond acceptors (Lipinski definition) is 3. The Kier molecular flexibility index (Phi) is 4.97. The minimum absolute atomic E-state index is 0.310. The maximum Gasteiger partial charge on any atom is 0.326 e. The number of carboxylic acid groups (broad SMARTS) is 1. The van der Waals surface area contributed by atoms with Gasteiger partial charge in [-0.25, -0.2) is 4.79 Å². The predicted molar refractivity (Wildman–Crippen MR) is 70.2 cm³/mol. The average molecular weight is 271 g/mol. The number of rotatable bonds is 5. The summed E-state index contributed by atoms with van der Waals surface area (Å²) in [4.78, 5) is 22.4. The lowest BCUT2D eigenvalue weighted by atomic mass is 10.1. The molecule has 1 atom stereocenters. The van der Waals surface area contributed by atoms with Gasteiger partial charge in [-0.05, 0) is 24.6 Å². The highest BCUT2D eigenvalue weighted by molar-refractivity contribution is 6.34.